The zero-order valence-electron chi connectivity index (χ0n) is 5.60. The molecule has 0 saturated carbocycles. The molecule has 0 bridgehead atoms. The number of halogens is 1. The maximum atomic E-state index is 3.44. The third-order valence-electron chi connectivity index (χ3n) is 1.81. The predicted octanol–water partition coefficient (Wildman–Crippen LogP) is 1.03. The fourth-order valence-corrected chi connectivity index (χ4v) is 1.63. The molecule has 0 aromatic heterocycles. The molecular formula is C7H9BrN2. The van der Waals surface area contributed by atoms with Crippen LogP contribution in [0.1, 0.15) is 0 Å². The largest absolute Gasteiger partial charge is 0.370 e. The summed E-state index contributed by atoms with van der Waals surface area (Å²) in [6.07, 6.45) is 4.30. The maximum Gasteiger partial charge on any atom is 0.103 e. The van der Waals surface area contributed by atoms with Gasteiger partial charge < -0.3 is 10.2 Å². The summed E-state index contributed by atoms with van der Waals surface area (Å²) in [5, 5.41) is 3.31. The lowest BCUT2D eigenvalue weighted by Crippen LogP contribution is -2.22. The second-order valence-corrected chi connectivity index (χ2v) is 3.41. The van der Waals surface area contributed by atoms with Crippen LogP contribution in [0.5, 0.6) is 0 Å². The molecule has 0 unspecified atom stereocenters. The first kappa shape index (κ1) is 6.28. The Morgan fingerprint density at radius 3 is 3.40 bits per heavy atom. The summed E-state index contributed by atoms with van der Waals surface area (Å²) in [5.41, 5.74) is 0. The molecule has 0 aromatic carbocycles. The van der Waals surface area contributed by atoms with Crippen LogP contribution in [0.25, 0.3) is 0 Å². The second-order valence-electron chi connectivity index (χ2n) is 2.49. The smallest absolute Gasteiger partial charge is 0.103 e. The van der Waals surface area contributed by atoms with Crippen molar-refractivity contribution < 1.29 is 0 Å². The standard InChI is InChI=1S/C7H9BrN2/c8-6-1-3-10-4-2-9-7(10)5-6/h1,5,9H,2-4H2. The van der Waals surface area contributed by atoms with Crippen LogP contribution in [0.15, 0.2) is 22.5 Å². The van der Waals surface area contributed by atoms with E-state index in [0.29, 0.717) is 0 Å². The average Bonchev–Trinajstić information content (AvgIpc) is 2.33. The van der Waals surface area contributed by atoms with Gasteiger partial charge in [-0.25, -0.2) is 0 Å². The highest BCUT2D eigenvalue weighted by molar-refractivity contribution is 9.11. The highest BCUT2D eigenvalue weighted by Gasteiger charge is 2.17. The molecule has 2 aliphatic heterocycles. The van der Waals surface area contributed by atoms with Crippen molar-refractivity contribution in [3.05, 3.63) is 22.5 Å². The quantitative estimate of drug-likeness (QED) is 0.629. The number of hydrogen-bond acceptors (Lipinski definition) is 2. The minimum absolute atomic E-state index is 1.04. The van der Waals surface area contributed by atoms with E-state index in [2.05, 4.69) is 38.3 Å². The second kappa shape index (κ2) is 2.31. The Hall–Kier alpha value is -0.440. The van der Waals surface area contributed by atoms with Crippen LogP contribution in [0.3, 0.4) is 0 Å². The van der Waals surface area contributed by atoms with Gasteiger partial charge in [0.25, 0.3) is 0 Å². The number of nitrogens with one attached hydrogen (secondary N) is 1. The highest BCUT2D eigenvalue weighted by Crippen LogP contribution is 2.19. The molecule has 1 saturated heterocycles. The molecule has 0 aliphatic carbocycles. The monoisotopic (exact) mass is 200 g/mol. The molecular weight excluding hydrogens is 192 g/mol. The molecule has 2 aliphatic rings. The van der Waals surface area contributed by atoms with Crippen molar-refractivity contribution in [1.29, 1.82) is 0 Å². The van der Waals surface area contributed by atoms with Gasteiger partial charge in [-0.1, -0.05) is 22.0 Å². The van der Waals surface area contributed by atoms with Gasteiger partial charge in [-0.05, 0) is 6.08 Å². The molecule has 0 spiro atoms. The Morgan fingerprint density at radius 2 is 2.50 bits per heavy atom. The summed E-state index contributed by atoms with van der Waals surface area (Å²) in [5.74, 6) is 1.26. The zero-order valence-corrected chi connectivity index (χ0v) is 7.19. The fourth-order valence-electron chi connectivity index (χ4n) is 1.27. The van der Waals surface area contributed by atoms with Gasteiger partial charge in [0.1, 0.15) is 5.82 Å². The van der Waals surface area contributed by atoms with E-state index in [0.717, 1.165) is 19.6 Å². The SMILES string of the molecule is BrC1=CCN2CCNC2=C1. The number of rotatable bonds is 0. The van der Waals surface area contributed by atoms with Crippen molar-refractivity contribution in [2.45, 2.75) is 0 Å². The number of allylic oxidation sites excluding steroid dienone is 2. The average molecular weight is 201 g/mol. The number of nitrogens with zero attached hydrogens (tertiary/aromatic N) is 1. The molecule has 1 fully saturated rings. The van der Waals surface area contributed by atoms with Crippen LogP contribution in [-0.2, 0) is 0 Å². The van der Waals surface area contributed by atoms with E-state index in [-0.39, 0.29) is 0 Å². The molecule has 54 valence electrons. The zero-order chi connectivity index (χ0) is 6.97. The first-order valence-electron chi connectivity index (χ1n) is 3.42. The minimum Gasteiger partial charge on any atom is -0.370 e. The van der Waals surface area contributed by atoms with Crippen molar-refractivity contribution >= 4 is 15.9 Å². The lowest BCUT2D eigenvalue weighted by atomic mass is 10.3. The lowest BCUT2D eigenvalue weighted by Gasteiger charge is -2.19. The maximum absolute atomic E-state index is 3.44. The molecule has 2 heterocycles. The van der Waals surface area contributed by atoms with Gasteiger partial charge in [0.2, 0.25) is 0 Å². The summed E-state index contributed by atoms with van der Waals surface area (Å²) in [6.45, 7) is 3.27. The molecule has 1 N–H and O–H groups in total. The van der Waals surface area contributed by atoms with Crippen molar-refractivity contribution in [3.63, 3.8) is 0 Å². The Labute approximate surface area is 68.7 Å². The van der Waals surface area contributed by atoms with Crippen LogP contribution < -0.4 is 5.32 Å². The fraction of sp³-hybridized carbons (Fsp3) is 0.429. The van der Waals surface area contributed by atoms with Gasteiger partial charge >= 0.3 is 0 Å². The number of hydrogen-bond donors (Lipinski definition) is 1. The van der Waals surface area contributed by atoms with E-state index in [1.165, 1.54) is 10.3 Å². The Bertz CT molecular complexity index is 208. The van der Waals surface area contributed by atoms with Crippen LogP contribution >= 0.6 is 15.9 Å². The van der Waals surface area contributed by atoms with Crippen molar-refractivity contribution in [1.82, 2.24) is 10.2 Å². The van der Waals surface area contributed by atoms with Crippen molar-refractivity contribution in [3.8, 4) is 0 Å². The molecule has 2 nitrogen and oxygen atoms in total. The van der Waals surface area contributed by atoms with E-state index < -0.39 is 0 Å². The minimum atomic E-state index is 1.04. The van der Waals surface area contributed by atoms with E-state index in [1.807, 2.05) is 0 Å². The number of fused-ring (bicyclic) bond motifs is 1. The molecule has 0 aromatic rings. The van der Waals surface area contributed by atoms with E-state index in [9.17, 15) is 0 Å². The topological polar surface area (TPSA) is 15.3 Å². The van der Waals surface area contributed by atoms with Gasteiger partial charge in [-0.2, -0.15) is 0 Å². The molecule has 0 radical (unpaired) electrons. The predicted molar refractivity (Wildman–Crippen MR) is 44.7 cm³/mol. The van der Waals surface area contributed by atoms with Gasteiger partial charge in [0, 0.05) is 24.1 Å². The molecule has 0 atom stereocenters. The van der Waals surface area contributed by atoms with E-state index >= 15 is 0 Å². The van der Waals surface area contributed by atoms with Crippen LogP contribution in [-0.4, -0.2) is 24.5 Å². The van der Waals surface area contributed by atoms with Crippen molar-refractivity contribution in [2.75, 3.05) is 19.6 Å². The highest BCUT2D eigenvalue weighted by atomic mass is 79.9. The Kier molecular flexibility index (Phi) is 1.45. The molecule has 0 amide bonds. The summed E-state index contributed by atoms with van der Waals surface area (Å²) in [6, 6.07) is 0. The van der Waals surface area contributed by atoms with Gasteiger partial charge in [-0.3, -0.25) is 0 Å². The van der Waals surface area contributed by atoms with Crippen molar-refractivity contribution in [2.24, 2.45) is 0 Å². The summed E-state index contributed by atoms with van der Waals surface area (Å²) < 4.78 is 1.19. The molecule has 10 heavy (non-hydrogen) atoms. The lowest BCUT2D eigenvalue weighted by molar-refractivity contribution is 0.434. The van der Waals surface area contributed by atoms with Crippen LogP contribution in [0.4, 0.5) is 0 Å². The molecule has 3 heteroatoms. The van der Waals surface area contributed by atoms with Gasteiger partial charge in [0.15, 0.2) is 0 Å². The Morgan fingerprint density at radius 1 is 1.60 bits per heavy atom. The third kappa shape index (κ3) is 0.944. The summed E-state index contributed by atoms with van der Waals surface area (Å²) in [4.78, 5) is 2.32. The van der Waals surface area contributed by atoms with E-state index in [4.69, 9.17) is 0 Å². The van der Waals surface area contributed by atoms with Gasteiger partial charge in [0.05, 0.1) is 0 Å². The summed E-state index contributed by atoms with van der Waals surface area (Å²) >= 11 is 3.44. The van der Waals surface area contributed by atoms with E-state index in [1.54, 1.807) is 0 Å². The summed E-state index contributed by atoms with van der Waals surface area (Å²) in [7, 11) is 0. The first-order chi connectivity index (χ1) is 4.86. The third-order valence-corrected chi connectivity index (χ3v) is 2.36. The molecule has 2 rings (SSSR count). The Balaban J connectivity index is 2.24. The first-order valence-corrected chi connectivity index (χ1v) is 4.22. The van der Waals surface area contributed by atoms with Crippen LogP contribution in [0, 0.1) is 0 Å². The normalized spacial score (nSPS) is 23.1. The van der Waals surface area contributed by atoms with Gasteiger partial charge in [-0.15, -0.1) is 0 Å². The van der Waals surface area contributed by atoms with Crippen LogP contribution in [0.2, 0.25) is 0 Å².